The molecule has 1 aliphatic heterocycles. The van der Waals surface area contributed by atoms with Crippen LogP contribution in [0.1, 0.15) is 44.0 Å². The number of nitrogens with one attached hydrogen (secondary N) is 1. The molecule has 7 nitrogen and oxygen atoms in total. The highest BCUT2D eigenvalue weighted by Gasteiger charge is 2.27. The lowest BCUT2D eigenvalue weighted by atomic mass is 9.95. The number of thiophene rings is 1. The van der Waals surface area contributed by atoms with Gasteiger partial charge in [0.25, 0.3) is 11.8 Å². The topological polar surface area (TPSA) is 95.7 Å². The van der Waals surface area contributed by atoms with E-state index in [9.17, 15) is 14.4 Å². The number of hydrogen-bond acceptors (Lipinski definition) is 5. The number of hydrogen-bond donors (Lipinski definition) is 2. The number of amides is 3. The molecule has 2 heterocycles. The molecular weight excluding hydrogens is 471 g/mol. The summed E-state index contributed by atoms with van der Waals surface area (Å²) in [6.07, 6.45) is 3.86. The van der Waals surface area contributed by atoms with Gasteiger partial charge in [-0.3, -0.25) is 19.3 Å². The van der Waals surface area contributed by atoms with Gasteiger partial charge in [0, 0.05) is 36.1 Å². The lowest BCUT2D eigenvalue weighted by molar-refractivity contribution is -0.117. The van der Waals surface area contributed by atoms with Crippen molar-refractivity contribution in [3.8, 4) is 0 Å². The first-order valence-electron chi connectivity index (χ1n) is 10.5. The third-order valence-electron chi connectivity index (χ3n) is 5.86. The molecule has 0 bridgehead atoms. The summed E-state index contributed by atoms with van der Waals surface area (Å²) in [5.74, 6) is -0.828. The van der Waals surface area contributed by atoms with Gasteiger partial charge < -0.3 is 16.0 Å². The Morgan fingerprint density at radius 3 is 2.47 bits per heavy atom. The average molecular weight is 495 g/mol. The van der Waals surface area contributed by atoms with Crippen LogP contribution in [0.15, 0.2) is 18.2 Å². The van der Waals surface area contributed by atoms with E-state index in [1.54, 1.807) is 23.1 Å². The number of piperazine rings is 1. The minimum absolute atomic E-state index is 0.147. The van der Waals surface area contributed by atoms with Crippen LogP contribution in [0.5, 0.6) is 0 Å². The number of nitrogens with zero attached hydrogens (tertiary/aromatic N) is 2. The Hall–Kier alpha value is -2.13. The maximum atomic E-state index is 12.8. The van der Waals surface area contributed by atoms with Gasteiger partial charge in [0.05, 0.1) is 22.7 Å². The van der Waals surface area contributed by atoms with E-state index in [0.717, 1.165) is 36.1 Å². The largest absolute Gasteiger partial charge is 0.365 e. The molecule has 0 spiro atoms. The van der Waals surface area contributed by atoms with Crippen LogP contribution in [0.25, 0.3) is 0 Å². The number of nitrogens with two attached hydrogens (primary N) is 1. The monoisotopic (exact) mass is 494 g/mol. The van der Waals surface area contributed by atoms with Gasteiger partial charge in [0.15, 0.2) is 0 Å². The Labute approximate surface area is 200 Å². The van der Waals surface area contributed by atoms with Crippen molar-refractivity contribution in [2.45, 2.75) is 25.7 Å². The van der Waals surface area contributed by atoms with E-state index in [1.165, 1.54) is 11.3 Å². The Morgan fingerprint density at radius 1 is 1.06 bits per heavy atom. The Bertz CT molecular complexity index is 1060. The Balaban J connectivity index is 1.34. The summed E-state index contributed by atoms with van der Waals surface area (Å²) >= 11 is 13.5. The van der Waals surface area contributed by atoms with Gasteiger partial charge >= 0.3 is 0 Å². The first-order chi connectivity index (χ1) is 15.3. The molecule has 2 aromatic rings. The van der Waals surface area contributed by atoms with Gasteiger partial charge in [0.1, 0.15) is 5.00 Å². The molecule has 1 saturated heterocycles. The van der Waals surface area contributed by atoms with Crippen LogP contribution in [0.2, 0.25) is 10.0 Å². The number of primary amides is 1. The summed E-state index contributed by atoms with van der Waals surface area (Å²) in [7, 11) is 0. The van der Waals surface area contributed by atoms with Crippen molar-refractivity contribution in [3.63, 3.8) is 0 Å². The zero-order valence-electron chi connectivity index (χ0n) is 17.5. The van der Waals surface area contributed by atoms with Crippen molar-refractivity contribution in [1.82, 2.24) is 9.80 Å². The van der Waals surface area contributed by atoms with Gasteiger partial charge in [-0.15, -0.1) is 11.3 Å². The van der Waals surface area contributed by atoms with Crippen molar-refractivity contribution < 1.29 is 14.4 Å². The molecule has 0 radical (unpaired) electrons. The highest BCUT2D eigenvalue weighted by molar-refractivity contribution is 7.17. The van der Waals surface area contributed by atoms with Crippen molar-refractivity contribution in [2.75, 3.05) is 38.0 Å². The summed E-state index contributed by atoms with van der Waals surface area (Å²) in [6, 6.07) is 4.83. The molecular formula is C22H24Cl2N4O3S. The summed E-state index contributed by atoms with van der Waals surface area (Å²) in [6.45, 7) is 2.29. The first-order valence-corrected chi connectivity index (χ1v) is 12.1. The molecule has 10 heteroatoms. The van der Waals surface area contributed by atoms with Gasteiger partial charge in [-0.1, -0.05) is 23.2 Å². The van der Waals surface area contributed by atoms with Crippen LogP contribution in [0.3, 0.4) is 0 Å². The summed E-state index contributed by atoms with van der Waals surface area (Å²) in [4.78, 5) is 42.3. The maximum Gasteiger partial charge on any atom is 0.255 e. The van der Waals surface area contributed by atoms with Crippen LogP contribution in [-0.4, -0.2) is 60.2 Å². The number of rotatable bonds is 5. The molecule has 32 heavy (non-hydrogen) atoms. The second-order valence-corrected chi connectivity index (χ2v) is 9.97. The molecule has 4 rings (SSSR count). The number of carbonyl (C=O) groups excluding carboxylic acids is 3. The molecule has 1 aromatic carbocycles. The van der Waals surface area contributed by atoms with Gasteiger partial charge in [-0.25, -0.2) is 0 Å². The molecule has 2 aliphatic rings. The molecule has 1 aliphatic carbocycles. The molecule has 0 unspecified atom stereocenters. The summed E-state index contributed by atoms with van der Waals surface area (Å²) < 4.78 is 0. The highest BCUT2D eigenvalue weighted by atomic mass is 35.5. The minimum atomic E-state index is -0.493. The van der Waals surface area contributed by atoms with Crippen LogP contribution < -0.4 is 11.1 Å². The standard InChI is InChI=1S/C22H24Cl2N4O3S/c23-13-5-6-14(16(24)11-13)22(31)28-9-7-27(8-10-28)12-18(29)26-21-19(20(25)30)15-3-1-2-4-17(15)32-21/h5-6,11H,1-4,7-10,12H2,(H2,25,30)(H,26,29). The molecule has 3 amide bonds. The van der Waals surface area contributed by atoms with E-state index in [2.05, 4.69) is 5.32 Å². The van der Waals surface area contributed by atoms with Crippen molar-refractivity contribution in [1.29, 1.82) is 0 Å². The predicted octanol–water partition coefficient (Wildman–Crippen LogP) is 3.43. The normalized spacial score (nSPS) is 16.5. The SMILES string of the molecule is NC(=O)c1c(NC(=O)CN2CCN(C(=O)c3ccc(Cl)cc3Cl)CC2)sc2c1CCCC2. The van der Waals surface area contributed by atoms with E-state index in [4.69, 9.17) is 28.9 Å². The van der Waals surface area contributed by atoms with Gasteiger partial charge in [-0.2, -0.15) is 0 Å². The van der Waals surface area contributed by atoms with Crippen LogP contribution in [-0.2, 0) is 17.6 Å². The van der Waals surface area contributed by atoms with Crippen molar-refractivity contribution >= 4 is 57.3 Å². The summed E-state index contributed by atoms with van der Waals surface area (Å²) in [5, 5.41) is 4.26. The van der Waals surface area contributed by atoms with E-state index >= 15 is 0 Å². The number of aryl methyl sites for hydroxylation is 1. The quantitative estimate of drug-likeness (QED) is 0.665. The fourth-order valence-corrected chi connectivity index (χ4v) is 6.03. The molecule has 1 fully saturated rings. The van der Waals surface area contributed by atoms with E-state index in [0.29, 0.717) is 52.4 Å². The van der Waals surface area contributed by atoms with E-state index in [1.807, 2.05) is 4.90 Å². The smallest absolute Gasteiger partial charge is 0.255 e. The zero-order chi connectivity index (χ0) is 22.8. The van der Waals surface area contributed by atoms with Crippen LogP contribution >= 0.6 is 34.5 Å². The minimum Gasteiger partial charge on any atom is -0.365 e. The fraction of sp³-hybridized carbons (Fsp3) is 0.409. The molecule has 0 saturated carbocycles. The van der Waals surface area contributed by atoms with Crippen LogP contribution in [0, 0.1) is 0 Å². The van der Waals surface area contributed by atoms with Crippen molar-refractivity contribution in [2.24, 2.45) is 5.73 Å². The second-order valence-electron chi connectivity index (χ2n) is 8.02. The van der Waals surface area contributed by atoms with Gasteiger partial charge in [0.2, 0.25) is 5.91 Å². The van der Waals surface area contributed by atoms with Crippen LogP contribution in [0.4, 0.5) is 5.00 Å². The van der Waals surface area contributed by atoms with Gasteiger partial charge in [-0.05, 0) is 49.4 Å². The zero-order valence-corrected chi connectivity index (χ0v) is 19.8. The molecule has 3 N–H and O–H groups in total. The third-order valence-corrected chi connectivity index (χ3v) is 7.61. The van der Waals surface area contributed by atoms with E-state index in [-0.39, 0.29) is 18.4 Å². The summed E-state index contributed by atoms with van der Waals surface area (Å²) in [5.41, 5.74) is 7.49. The fourth-order valence-electron chi connectivity index (χ4n) is 4.23. The lowest BCUT2D eigenvalue weighted by Gasteiger charge is -2.34. The lowest BCUT2D eigenvalue weighted by Crippen LogP contribution is -2.50. The number of fused-ring (bicyclic) bond motifs is 1. The number of benzene rings is 1. The molecule has 0 atom stereocenters. The molecule has 1 aromatic heterocycles. The Kier molecular flexibility index (Phi) is 7.05. The highest BCUT2D eigenvalue weighted by Crippen LogP contribution is 2.37. The maximum absolute atomic E-state index is 12.8. The van der Waals surface area contributed by atoms with E-state index < -0.39 is 5.91 Å². The van der Waals surface area contributed by atoms with Crippen molar-refractivity contribution in [3.05, 3.63) is 49.8 Å². The third kappa shape index (κ3) is 4.93. The average Bonchev–Trinajstić information content (AvgIpc) is 3.11. The molecule has 170 valence electrons. The first kappa shape index (κ1) is 23.0. The second kappa shape index (κ2) is 9.79. The number of halogens is 2. The predicted molar refractivity (Wildman–Crippen MR) is 127 cm³/mol. The number of anilines is 1. The Morgan fingerprint density at radius 2 is 1.78 bits per heavy atom. The number of carbonyl (C=O) groups is 3.